The summed E-state index contributed by atoms with van der Waals surface area (Å²) in [5.41, 5.74) is 0.369. The van der Waals surface area contributed by atoms with Crippen LogP contribution in [0, 0.1) is 17.8 Å². The monoisotopic (exact) mass is 194 g/mol. The van der Waals surface area contributed by atoms with Gasteiger partial charge in [0.05, 0.1) is 5.41 Å². The minimum Gasteiger partial charge on any atom is -0.444 e. The van der Waals surface area contributed by atoms with Gasteiger partial charge in [0.15, 0.2) is 6.10 Å². The molecule has 2 heteroatoms. The maximum absolute atomic E-state index is 11.5. The molecule has 0 aromatic heterocycles. The minimum atomic E-state index is -0.535. The molecule has 0 amide bonds. The van der Waals surface area contributed by atoms with E-state index in [0.29, 0.717) is 0 Å². The van der Waals surface area contributed by atoms with Crippen LogP contribution in [0.1, 0.15) is 34.6 Å². The molecule has 0 rings (SSSR count). The summed E-state index contributed by atoms with van der Waals surface area (Å²) in [6, 6.07) is 0. The van der Waals surface area contributed by atoms with Crippen molar-refractivity contribution >= 4 is 5.97 Å². The van der Waals surface area contributed by atoms with Gasteiger partial charge in [0.2, 0.25) is 0 Å². The van der Waals surface area contributed by atoms with Crippen LogP contribution in [0.2, 0.25) is 0 Å². The molecule has 14 heavy (non-hydrogen) atoms. The molecule has 0 aliphatic heterocycles. The molecule has 0 saturated heterocycles. The molecule has 2 nitrogen and oxygen atoms in total. The highest BCUT2D eigenvalue weighted by Gasteiger charge is 2.25. The Hall–Kier alpha value is -1.23. The Morgan fingerprint density at radius 3 is 2.29 bits per heavy atom. The molecule has 0 fully saturated rings. The standard InChI is InChI=1S/C12H18O2/c1-7-9(3)10(8-2)14-11(13)12(4,5)6/h2,7,10H,1,3-6H3/b9-7+/t10-/m0/s1. The Balaban J connectivity index is 4.52. The molecule has 0 unspecified atom stereocenters. The number of hydrogen-bond acceptors (Lipinski definition) is 2. The molecular weight excluding hydrogens is 176 g/mol. The van der Waals surface area contributed by atoms with Crippen LogP contribution in [0.3, 0.4) is 0 Å². The van der Waals surface area contributed by atoms with Gasteiger partial charge in [-0.05, 0) is 40.2 Å². The second-order valence-corrected chi connectivity index (χ2v) is 4.23. The van der Waals surface area contributed by atoms with E-state index < -0.39 is 11.5 Å². The van der Waals surface area contributed by atoms with Crippen LogP contribution in [-0.2, 0) is 9.53 Å². The van der Waals surface area contributed by atoms with Crippen molar-refractivity contribution in [1.82, 2.24) is 0 Å². The van der Waals surface area contributed by atoms with Crippen LogP contribution in [-0.4, -0.2) is 12.1 Å². The average molecular weight is 194 g/mol. The maximum atomic E-state index is 11.5. The fourth-order valence-electron chi connectivity index (χ4n) is 0.694. The van der Waals surface area contributed by atoms with E-state index in [1.807, 2.05) is 19.9 Å². The van der Waals surface area contributed by atoms with Crippen LogP contribution >= 0.6 is 0 Å². The van der Waals surface area contributed by atoms with E-state index in [9.17, 15) is 4.79 Å². The lowest BCUT2D eigenvalue weighted by Gasteiger charge is -2.20. The summed E-state index contributed by atoms with van der Waals surface area (Å²) in [5.74, 6) is 2.17. The van der Waals surface area contributed by atoms with E-state index in [0.717, 1.165) is 5.57 Å². The Labute approximate surface area is 86.3 Å². The zero-order valence-corrected chi connectivity index (χ0v) is 9.55. The molecule has 0 spiro atoms. The average Bonchev–Trinajstić information content (AvgIpc) is 2.10. The van der Waals surface area contributed by atoms with E-state index in [4.69, 9.17) is 11.2 Å². The lowest BCUT2D eigenvalue weighted by molar-refractivity contribution is -0.154. The fourth-order valence-corrected chi connectivity index (χ4v) is 0.694. The SMILES string of the molecule is C#C[C@H](OC(=O)C(C)(C)C)/C(C)=C/C. The van der Waals surface area contributed by atoms with Gasteiger partial charge in [0.1, 0.15) is 0 Å². The van der Waals surface area contributed by atoms with Crippen molar-refractivity contribution in [2.45, 2.75) is 40.7 Å². The lowest BCUT2D eigenvalue weighted by atomic mass is 9.97. The molecular formula is C12H18O2. The molecule has 0 aromatic rings. The third-order valence-corrected chi connectivity index (χ3v) is 1.86. The van der Waals surface area contributed by atoms with E-state index in [1.54, 1.807) is 20.8 Å². The van der Waals surface area contributed by atoms with Gasteiger partial charge < -0.3 is 4.74 Å². The third-order valence-electron chi connectivity index (χ3n) is 1.86. The molecule has 0 aliphatic rings. The first-order chi connectivity index (χ1) is 6.32. The first-order valence-corrected chi connectivity index (χ1v) is 4.63. The van der Waals surface area contributed by atoms with E-state index in [-0.39, 0.29) is 5.97 Å². The number of terminal acetylenes is 1. The van der Waals surface area contributed by atoms with Gasteiger partial charge in [-0.25, -0.2) is 0 Å². The molecule has 78 valence electrons. The van der Waals surface area contributed by atoms with Crippen molar-refractivity contribution in [2.75, 3.05) is 0 Å². The molecule has 0 N–H and O–H groups in total. The number of carbonyl (C=O) groups excluding carboxylic acids is 1. The van der Waals surface area contributed by atoms with Crippen molar-refractivity contribution in [3.05, 3.63) is 11.6 Å². The zero-order valence-electron chi connectivity index (χ0n) is 9.55. The predicted molar refractivity (Wildman–Crippen MR) is 57.6 cm³/mol. The second-order valence-electron chi connectivity index (χ2n) is 4.23. The summed E-state index contributed by atoms with van der Waals surface area (Å²) in [6.07, 6.45) is 6.59. The molecule has 0 saturated carbocycles. The topological polar surface area (TPSA) is 26.3 Å². The Bertz CT molecular complexity index is 274. The number of rotatable bonds is 2. The normalized spacial score (nSPS) is 14.4. The summed E-state index contributed by atoms with van der Waals surface area (Å²) in [6.45, 7) is 9.11. The molecule has 0 bridgehead atoms. The minimum absolute atomic E-state index is 0.276. The van der Waals surface area contributed by atoms with Crippen LogP contribution in [0.15, 0.2) is 11.6 Å². The van der Waals surface area contributed by atoms with Crippen LogP contribution in [0.25, 0.3) is 0 Å². The molecule has 0 aromatic carbocycles. The van der Waals surface area contributed by atoms with Gasteiger partial charge in [0, 0.05) is 0 Å². The summed E-state index contributed by atoms with van der Waals surface area (Å²) < 4.78 is 5.17. The van der Waals surface area contributed by atoms with Gasteiger partial charge in [-0.15, -0.1) is 6.42 Å². The van der Waals surface area contributed by atoms with Crippen molar-refractivity contribution in [1.29, 1.82) is 0 Å². The summed E-state index contributed by atoms with van der Waals surface area (Å²) in [4.78, 5) is 11.5. The van der Waals surface area contributed by atoms with Gasteiger partial charge >= 0.3 is 5.97 Å². The number of esters is 1. The van der Waals surface area contributed by atoms with Gasteiger partial charge in [0.25, 0.3) is 0 Å². The first-order valence-electron chi connectivity index (χ1n) is 4.63. The van der Waals surface area contributed by atoms with Gasteiger partial charge in [-0.3, -0.25) is 4.79 Å². The number of ether oxygens (including phenoxy) is 1. The Morgan fingerprint density at radius 1 is 1.50 bits per heavy atom. The van der Waals surface area contributed by atoms with Gasteiger partial charge in [-0.2, -0.15) is 0 Å². The Morgan fingerprint density at radius 2 is 2.00 bits per heavy atom. The van der Waals surface area contributed by atoms with Crippen molar-refractivity contribution in [3.63, 3.8) is 0 Å². The van der Waals surface area contributed by atoms with Crippen LogP contribution < -0.4 is 0 Å². The third kappa shape index (κ3) is 3.66. The summed E-state index contributed by atoms with van der Waals surface area (Å²) in [7, 11) is 0. The van der Waals surface area contributed by atoms with Gasteiger partial charge in [-0.1, -0.05) is 12.0 Å². The van der Waals surface area contributed by atoms with E-state index >= 15 is 0 Å². The zero-order chi connectivity index (χ0) is 11.4. The Kier molecular flexibility index (Phi) is 4.43. The number of hydrogen-bond donors (Lipinski definition) is 0. The number of carbonyl (C=O) groups is 1. The van der Waals surface area contributed by atoms with Crippen molar-refractivity contribution in [3.8, 4) is 12.3 Å². The summed E-state index contributed by atoms with van der Waals surface area (Å²) in [5, 5.41) is 0. The van der Waals surface area contributed by atoms with Crippen molar-refractivity contribution in [2.24, 2.45) is 5.41 Å². The highest BCUT2D eigenvalue weighted by Crippen LogP contribution is 2.18. The fraction of sp³-hybridized carbons (Fsp3) is 0.583. The van der Waals surface area contributed by atoms with E-state index in [2.05, 4.69) is 5.92 Å². The molecule has 1 atom stereocenters. The maximum Gasteiger partial charge on any atom is 0.312 e. The smallest absolute Gasteiger partial charge is 0.312 e. The largest absolute Gasteiger partial charge is 0.444 e. The second kappa shape index (κ2) is 4.85. The van der Waals surface area contributed by atoms with Crippen molar-refractivity contribution < 1.29 is 9.53 Å². The van der Waals surface area contributed by atoms with E-state index in [1.165, 1.54) is 0 Å². The molecule has 0 aliphatic carbocycles. The summed E-state index contributed by atoms with van der Waals surface area (Å²) >= 11 is 0. The highest BCUT2D eigenvalue weighted by molar-refractivity contribution is 5.76. The first kappa shape index (κ1) is 12.8. The quantitative estimate of drug-likeness (QED) is 0.383. The molecule has 0 heterocycles. The molecule has 0 radical (unpaired) electrons. The van der Waals surface area contributed by atoms with Crippen LogP contribution in [0.5, 0.6) is 0 Å². The lowest BCUT2D eigenvalue weighted by Crippen LogP contribution is -2.28. The predicted octanol–water partition coefficient (Wildman–Crippen LogP) is 2.54. The highest BCUT2D eigenvalue weighted by atomic mass is 16.5. The number of allylic oxidation sites excluding steroid dienone is 1. The van der Waals surface area contributed by atoms with Crippen LogP contribution in [0.4, 0.5) is 0 Å².